The Morgan fingerprint density at radius 3 is 2.35 bits per heavy atom. The first-order valence-corrected chi connectivity index (χ1v) is 21.6. The van der Waals surface area contributed by atoms with Crippen molar-refractivity contribution in [3.8, 4) is 5.75 Å². The summed E-state index contributed by atoms with van der Waals surface area (Å²) in [6.45, 7) is 4.13. The molecule has 3 fully saturated rings. The number of hydrogen-bond donors (Lipinski definition) is 3. The lowest BCUT2D eigenvalue weighted by atomic mass is 9.73. The van der Waals surface area contributed by atoms with Gasteiger partial charge in [0.1, 0.15) is 23.7 Å². The van der Waals surface area contributed by atoms with Gasteiger partial charge in [0.2, 0.25) is 23.6 Å². The number of anilines is 2. The molecule has 324 valence electrons. The summed E-state index contributed by atoms with van der Waals surface area (Å²) in [5.74, 6) is -1.31. The van der Waals surface area contributed by atoms with Crippen LogP contribution in [0, 0.1) is 17.7 Å². The summed E-state index contributed by atoms with van der Waals surface area (Å²) in [7, 11) is 0. The molecule has 6 amide bonds. The van der Waals surface area contributed by atoms with Gasteiger partial charge in [0.25, 0.3) is 11.8 Å². The van der Waals surface area contributed by atoms with Crippen LogP contribution in [-0.2, 0) is 23.9 Å². The lowest BCUT2D eigenvalue weighted by Crippen LogP contribution is -2.54. The number of pyridine rings is 1. The van der Waals surface area contributed by atoms with Crippen molar-refractivity contribution in [2.45, 2.75) is 82.8 Å². The van der Waals surface area contributed by atoms with E-state index in [-0.39, 0.29) is 72.6 Å². The van der Waals surface area contributed by atoms with Crippen molar-refractivity contribution >= 4 is 57.7 Å². The number of benzene rings is 3. The number of aromatic nitrogens is 1. The minimum absolute atomic E-state index is 0.00573. The molecule has 1 aliphatic carbocycles. The second-order valence-electron chi connectivity index (χ2n) is 16.7. The number of nitrogens with one attached hydrogen (secondary N) is 3. The van der Waals surface area contributed by atoms with E-state index in [1.165, 1.54) is 6.07 Å². The molecule has 0 radical (unpaired) electrons. The van der Waals surface area contributed by atoms with Gasteiger partial charge in [0.05, 0.1) is 36.3 Å². The van der Waals surface area contributed by atoms with Gasteiger partial charge in [-0.1, -0.05) is 6.92 Å². The number of carbonyl (C=O) groups is 6. The highest BCUT2D eigenvalue weighted by molar-refractivity contribution is 6.23. The largest absolute Gasteiger partial charge is 0.490 e. The Hall–Kier alpha value is -6.22. The van der Waals surface area contributed by atoms with E-state index in [4.69, 9.17) is 9.47 Å². The summed E-state index contributed by atoms with van der Waals surface area (Å²) in [5.41, 5.74) is 3.66. The van der Waals surface area contributed by atoms with Gasteiger partial charge in [0, 0.05) is 67.8 Å². The van der Waals surface area contributed by atoms with E-state index in [9.17, 15) is 33.2 Å². The summed E-state index contributed by atoms with van der Waals surface area (Å²) in [5, 5.41) is 9.31. The maximum atomic E-state index is 14.0. The standard InChI is InChI=1S/C47H51FN6O8/c1-28(29-2-4-30(5-3-29)36-16-20-50-40-13-6-31(48)26-38(36)40)44(57)51-32-7-10-34(11-8-32)62-35-17-22-53(23-18-35)43(56)19-24-61-25-21-49-33-9-12-37-39(27-33)47(60)54(46(37)59)41-14-15-42(55)52-45(41)58/h6-13,16,20,26-30,35,41,49H,2-5,14-15,17-19,21-25H2,1H3,(H,51,57)(H,52,55,58)/t28-,29-,30+,41?/m1/s1. The van der Waals surface area contributed by atoms with Crippen LogP contribution in [0.2, 0.25) is 0 Å². The Morgan fingerprint density at radius 1 is 0.855 bits per heavy atom. The number of rotatable bonds is 14. The Kier molecular flexibility index (Phi) is 12.9. The van der Waals surface area contributed by atoms with E-state index in [0.717, 1.165) is 47.0 Å². The molecule has 0 bridgehead atoms. The van der Waals surface area contributed by atoms with Crippen LogP contribution >= 0.6 is 0 Å². The zero-order valence-electron chi connectivity index (χ0n) is 34.7. The van der Waals surface area contributed by atoms with Crippen molar-refractivity contribution in [2.24, 2.45) is 11.8 Å². The van der Waals surface area contributed by atoms with Crippen molar-refractivity contribution in [3.05, 3.63) is 95.4 Å². The minimum atomic E-state index is -1.02. The molecule has 3 aliphatic heterocycles. The van der Waals surface area contributed by atoms with Crippen LogP contribution in [0.5, 0.6) is 5.75 Å². The van der Waals surface area contributed by atoms with E-state index >= 15 is 0 Å². The Labute approximate surface area is 358 Å². The van der Waals surface area contributed by atoms with Gasteiger partial charge >= 0.3 is 0 Å². The van der Waals surface area contributed by atoms with Gasteiger partial charge in [-0.15, -0.1) is 0 Å². The number of carbonyl (C=O) groups excluding carboxylic acids is 6. The fourth-order valence-corrected chi connectivity index (χ4v) is 9.20. The summed E-state index contributed by atoms with van der Waals surface area (Å²) in [6.07, 6.45) is 7.29. The lowest BCUT2D eigenvalue weighted by molar-refractivity contribution is -0.136. The monoisotopic (exact) mass is 846 g/mol. The molecule has 4 aliphatic rings. The topological polar surface area (TPSA) is 176 Å². The normalized spacial score (nSPS) is 21.1. The number of ether oxygens (including phenoxy) is 2. The fraction of sp³-hybridized carbons (Fsp3) is 0.426. The van der Waals surface area contributed by atoms with Crippen LogP contribution < -0.4 is 20.7 Å². The number of halogens is 1. The molecule has 4 aromatic rings. The highest BCUT2D eigenvalue weighted by atomic mass is 19.1. The van der Waals surface area contributed by atoms with Crippen molar-refractivity contribution in [1.82, 2.24) is 20.1 Å². The van der Waals surface area contributed by atoms with Gasteiger partial charge in [0.15, 0.2) is 0 Å². The molecular weight excluding hydrogens is 796 g/mol. The molecule has 2 atom stereocenters. The first-order valence-electron chi connectivity index (χ1n) is 21.6. The van der Waals surface area contributed by atoms with E-state index in [0.29, 0.717) is 62.1 Å². The summed E-state index contributed by atoms with van der Waals surface area (Å²) in [6, 6.07) is 18.0. The first kappa shape index (κ1) is 42.5. The molecule has 2 saturated heterocycles. The third kappa shape index (κ3) is 9.47. The van der Waals surface area contributed by atoms with Crippen molar-refractivity contribution in [1.29, 1.82) is 0 Å². The van der Waals surface area contributed by atoms with Gasteiger partial charge in [-0.05, 0) is 116 Å². The average molecular weight is 847 g/mol. The summed E-state index contributed by atoms with van der Waals surface area (Å²) >= 11 is 0. The molecule has 3 N–H and O–H groups in total. The highest BCUT2D eigenvalue weighted by Crippen LogP contribution is 2.41. The van der Waals surface area contributed by atoms with Crippen molar-refractivity contribution < 1.29 is 42.6 Å². The molecule has 0 spiro atoms. The zero-order valence-corrected chi connectivity index (χ0v) is 34.7. The number of likely N-dealkylation sites (tertiary alicyclic amines) is 1. The molecule has 62 heavy (non-hydrogen) atoms. The number of amides is 6. The average Bonchev–Trinajstić information content (AvgIpc) is 3.52. The Balaban J connectivity index is 0.701. The second kappa shape index (κ2) is 18.8. The van der Waals surface area contributed by atoms with Crippen LogP contribution in [-0.4, -0.2) is 95.2 Å². The number of piperidine rings is 2. The predicted molar refractivity (Wildman–Crippen MR) is 228 cm³/mol. The van der Waals surface area contributed by atoms with E-state index in [1.54, 1.807) is 36.5 Å². The van der Waals surface area contributed by atoms with Crippen LogP contribution in [0.15, 0.2) is 72.9 Å². The van der Waals surface area contributed by atoms with Crippen LogP contribution in [0.1, 0.15) is 96.9 Å². The quantitative estimate of drug-likeness (QED) is 0.0977. The molecule has 15 heteroatoms. The maximum Gasteiger partial charge on any atom is 0.262 e. The zero-order chi connectivity index (χ0) is 43.3. The first-order chi connectivity index (χ1) is 30.0. The van der Waals surface area contributed by atoms with Gasteiger partial charge < -0.3 is 25.0 Å². The van der Waals surface area contributed by atoms with Crippen molar-refractivity contribution in [2.75, 3.05) is 43.5 Å². The van der Waals surface area contributed by atoms with Gasteiger partial charge in [-0.25, -0.2) is 4.39 Å². The number of nitrogens with zero attached hydrogens (tertiary/aromatic N) is 3. The molecular formula is C47H51FN6O8. The van der Waals surface area contributed by atoms with Crippen LogP contribution in [0.4, 0.5) is 15.8 Å². The summed E-state index contributed by atoms with van der Waals surface area (Å²) < 4.78 is 26.0. The Bertz CT molecular complexity index is 2360. The molecule has 1 saturated carbocycles. The van der Waals surface area contributed by atoms with Crippen molar-refractivity contribution in [3.63, 3.8) is 0 Å². The molecule has 3 aromatic carbocycles. The van der Waals surface area contributed by atoms with E-state index in [1.807, 2.05) is 42.2 Å². The lowest BCUT2D eigenvalue weighted by Gasteiger charge is -2.32. The van der Waals surface area contributed by atoms with Gasteiger partial charge in [-0.3, -0.25) is 44.0 Å². The molecule has 14 nitrogen and oxygen atoms in total. The third-order valence-corrected chi connectivity index (χ3v) is 12.8. The number of fused-ring (bicyclic) bond motifs is 2. The number of imide groups is 2. The summed E-state index contributed by atoms with van der Waals surface area (Å²) in [4.78, 5) is 83.2. The Morgan fingerprint density at radius 2 is 1.60 bits per heavy atom. The SMILES string of the molecule is C[C@@H](C(=O)Nc1ccc(OC2CCN(C(=O)CCOCCNc3ccc4c(c3)C(=O)N(C3CCC(=O)NC3=O)C4=O)CC2)cc1)[C@H]1CC[C@@H](c2ccnc3ccc(F)cc32)CC1. The smallest absolute Gasteiger partial charge is 0.262 e. The van der Waals surface area contributed by atoms with Crippen LogP contribution in [0.3, 0.4) is 0 Å². The number of hydrogen-bond acceptors (Lipinski definition) is 10. The minimum Gasteiger partial charge on any atom is -0.490 e. The van der Waals surface area contributed by atoms with E-state index in [2.05, 4.69) is 20.9 Å². The van der Waals surface area contributed by atoms with Crippen LogP contribution in [0.25, 0.3) is 10.9 Å². The van der Waals surface area contributed by atoms with E-state index < -0.39 is 29.7 Å². The fourth-order valence-electron chi connectivity index (χ4n) is 9.20. The second-order valence-corrected chi connectivity index (χ2v) is 16.7. The molecule has 1 aromatic heterocycles. The molecule has 4 heterocycles. The predicted octanol–water partition coefficient (Wildman–Crippen LogP) is 6.21. The highest BCUT2D eigenvalue weighted by Gasteiger charge is 2.44. The maximum absolute atomic E-state index is 14.0. The molecule has 1 unspecified atom stereocenters. The third-order valence-electron chi connectivity index (χ3n) is 12.8. The molecule has 8 rings (SSSR count). The van der Waals surface area contributed by atoms with Gasteiger partial charge in [-0.2, -0.15) is 0 Å².